The van der Waals surface area contributed by atoms with Gasteiger partial charge in [-0.05, 0) is 35.2 Å². The van der Waals surface area contributed by atoms with Crippen molar-refractivity contribution >= 4 is 17.4 Å². The predicted octanol–water partition coefficient (Wildman–Crippen LogP) is 4.00. The maximum Gasteiger partial charge on any atom is 0.153 e. The van der Waals surface area contributed by atoms with Crippen molar-refractivity contribution in [2.24, 2.45) is 0 Å². The summed E-state index contributed by atoms with van der Waals surface area (Å²) < 4.78 is 0. The van der Waals surface area contributed by atoms with Crippen LogP contribution in [-0.4, -0.2) is 10.2 Å². The van der Waals surface area contributed by atoms with Gasteiger partial charge in [0.1, 0.15) is 0 Å². The van der Waals surface area contributed by atoms with Gasteiger partial charge in [-0.2, -0.15) is 5.10 Å². The molecule has 0 saturated heterocycles. The first-order chi connectivity index (χ1) is 10.2. The van der Waals surface area contributed by atoms with Gasteiger partial charge in [-0.3, -0.25) is 5.10 Å². The molecule has 0 aliphatic heterocycles. The van der Waals surface area contributed by atoms with E-state index >= 15 is 0 Å². The summed E-state index contributed by atoms with van der Waals surface area (Å²) >= 11 is 5.97. The lowest BCUT2D eigenvalue weighted by atomic mass is 9.74. The molecule has 0 saturated carbocycles. The van der Waals surface area contributed by atoms with E-state index in [1.54, 1.807) is 0 Å². The third-order valence-corrected chi connectivity index (χ3v) is 4.41. The van der Waals surface area contributed by atoms with E-state index in [9.17, 15) is 0 Å². The van der Waals surface area contributed by atoms with Crippen molar-refractivity contribution < 1.29 is 0 Å². The summed E-state index contributed by atoms with van der Waals surface area (Å²) in [6.07, 6.45) is 1.03. The zero-order chi connectivity index (χ0) is 14.4. The lowest BCUT2D eigenvalue weighted by molar-refractivity contribution is 0.683. The van der Waals surface area contributed by atoms with E-state index in [1.165, 1.54) is 11.1 Å². The molecule has 0 bridgehead atoms. The van der Waals surface area contributed by atoms with Crippen molar-refractivity contribution in [3.63, 3.8) is 0 Å². The summed E-state index contributed by atoms with van der Waals surface area (Å²) in [6, 6.07) is 16.2. The second-order valence-electron chi connectivity index (χ2n) is 5.36. The van der Waals surface area contributed by atoms with Crippen LogP contribution in [0, 0.1) is 0 Å². The second kappa shape index (κ2) is 4.64. The van der Waals surface area contributed by atoms with Gasteiger partial charge in [0.2, 0.25) is 0 Å². The number of nitrogen functional groups attached to an aromatic ring is 1. The molecule has 1 heterocycles. The average molecular weight is 296 g/mol. The van der Waals surface area contributed by atoms with Gasteiger partial charge in [0.15, 0.2) is 5.82 Å². The highest BCUT2D eigenvalue weighted by Crippen LogP contribution is 2.44. The van der Waals surface area contributed by atoms with Crippen LogP contribution >= 0.6 is 11.6 Å². The number of benzene rings is 2. The molecular weight excluding hydrogens is 282 g/mol. The van der Waals surface area contributed by atoms with Crippen LogP contribution in [0.25, 0.3) is 11.1 Å². The predicted molar refractivity (Wildman–Crippen MR) is 85.4 cm³/mol. The maximum absolute atomic E-state index is 6.07. The number of nitrogens with zero attached hydrogens (tertiary/aromatic N) is 1. The second-order valence-corrected chi connectivity index (χ2v) is 5.80. The topological polar surface area (TPSA) is 54.7 Å². The van der Waals surface area contributed by atoms with Crippen molar-refractivity contribution in [2.45, 2.75) is 12.3 Å². The fourth-order valence-electron chi connectivity index (χ4n) is 3.06. The molecule has 3 nitrogen and oxygen atoms in total. The van der Waals surface area contributed by atoms with Crippen LogP contribution in [-0.2, 0) is 6.42 Å². The van der Waals surface area contributed by atoms with E-state index in [-0.39, 0.29) is 0 Å². The molecule has 3 aromatic rings. The van der Waals surface area contributed by atoms with Crippen LogP contribution in [0.3, 0.4) is 0 Å². The van der Waals surface area contributed by atoms with Crippen molar-refractivity contribution in [1.82, 2.24) is 10.2 Å². The van der Waals surface area contributed by atoms with Gasteiger partial charge >= 0.3 is 0 Å². The van der Waals surface area contributed by atoms with E-state index in [0.717, 1.165) is 28.3 Å². The molecule has 4 rings (SSSR count). The molecular formula is C17H14ClN3. The lowest BCUT2D eigenvalue weighted by Gasteiger charge is -2.30. The standard InChI is InChI=1S/C17H14ClN3/c18-12-7-5-10(6-8-12)15-16(20-21-17(15)19)14-9-11-3-1-2-4-13(11)14/h1-8,14H,9H2,(H3,19,20,21). The van der Waals surface area contributed by atoms with Crippen molar-refractivity contribution in [3.8, 4) is 11.1 Å². The van der Waals surface area contributed by atoms with Gasteiger partial charge in [-0.15, -0.1) is 0 Å². The van der Waals surface area contributed by atoms with Crippen LogP contribution in [0.2, 0.25) is 5.02 Å². The highest BCUT2D eigenvalue weighted by Gasteiger charge is 2.31. The van der Waals surface area contributed by atoms with Crippen LogP contribution in [0.1, 0.15) is 22.7 Å². The summed E-state index contributed by atoms with van der Waals surface area (Å²) in [6.45, 7) is 0. The minimum Gasteiger partial charge on any atom is -0.382 e. The summed E-state index contributed by atoms with van der Waals surface area (Å²) in [5.74, 6) is 0.883. The smallest absolute Gasteiger partial charge is 0.153 e. The number of nitrogens with two attached hydrogens (primary N) is 1. The number of H-pyrrole nitrogens is 1. The quantitative estimate of drug-likeness (QED) is 0.751. The van der Waals surface area contributed by atoms with Crippen LogP contribution in [0.4, 0.5) is 5.82 Å². The first kappa shape index (κ1) is 12.5. The molecule has 1 atom stereocenters. The highest BCUT2D eigenvalue weighted by molar-refractivity contribution is 6.30. The SMILES string of the molecule is Nc1n[nH]c(C2Cc3ccccc32)c1-c1ccc(Cl)cc1. The molecule has 104 valence electrons. The molecule has 0 amide bonds. The normalized spacial score (nSPS) is 16.3. The Morgan fingerprint density at radius 2 is 1.86 bits per heavy atom. The van der Waals surface area contributed by atoms with Gasteiger partial charge < -0.3 is 5.73 Å². The highest BCUT2D eigenvalue weighted by atomic mass is 35.5. The number of halogens is 1. The number of aromatic nitrogens is 2. The Kier molecular flexibility index (Phi) is 2.76. The van der Waals surface area contributed by atoms with E-state index < -0.39 is 0 Å². The molecule has 3 N–H and O–H groups in total. The maximum atomic E-state index is 6.07. The summed E-state index contributed by atoms with van der Waals surface area (Å²) in [5, 5.41) is 8.05. The summed E-state index contributed by atoms with van der Waals surface area (Å²) in [5.41, 5.74) is 12.0. The minimum atomic E-state index is 0.344. The van der Waals surface area contributed by atoms with E-state index in [0.29, 0.717) is 11.7 Å². The zero-order valence-electron chi connectivity index (χ0n) is 11.3. The van der Waals surface area contributed by atoms with Gasteiger partial charge in [0.25, 0.3) is 0 Å². The Labute approximate surface area is 127 Å². The molecule has 1 aromatic heterocycles. The van der Waals surface area contributed by atoms with Crippen LogP contribution in [0.5, 0.6) is 0 Å². The molecule has 21 heavy (non-hydrogen) atoms. The van der Waals surface area contributed by atoms with E-state index in [2.05, 4.69) is 34.5 Å². The number of anilines is 1. The molecule has 1 unspecified atom stereocenters. The molecule has 0 radical (unpaired) electrons. The number of fused-ring (bicyclic) bond motifs is 1. The number of nitrogens with one attached hydrogen (secondary N) is 1. The molecule has 0 fully saturated rings. The Bertz CT molecular complexity index is 805. The Morgan fingerprint density at radius 3 is 2.62 bits per heavy atom. The van der Waals surface area contributed by atoms with Gasteiger partial charge in [-0.1, -0.05) is 48.0 Å². The van der Waals surface area contributed by atoms with Crippen molar-refractivity contribution in [3.05, 3.63) is 70.4 Å². The van der Waals surface area contributed by atoms with Gasteiger partial charge in [0, 0.05) is 16.5 Å². The number of hydrogen-bond acceptors (Lipinski definition) is 2. The number of aromatic amines is 1. The zero-order valence-corrected chi connectivity index (χ0v) is 12.1. The molecule has 2 aromatic carbocycles. The largest absolute Gasteiger partial charge is 0.382 e. The first-order valence-corrected chi connectivity index (χ1v) is 7.29. The van der Waals surface area contributed by atoms with Crippen LogP contribution < -0.4 is 5.73 Å². The third-order valence-electron chi connectivity index (χ3n) is 4.16. The van der Waals surface area contributed by atoms with Crippen molar-refractivity contribution in [2.75, 3.05) is 5.73 Å². The Balaban J connectivity index is 1.81. The third kappa shape index (κ3) is 1.93. The lowest BCUT2D eigenvalue weighted by Crippen LogP contribution is -2.19. The minimum absolute atomic E-state index is 0.344. The summed E-state index contributed by atoms with van der Waals surface area (Å²) in [7, 11) is 0. The average Bonchev–Trinajstić information content (AvgIpc) is 2.83. The van der Waals surface area contributed by atoms with Crippen LogP contribution in [0.15, 0.2) is 48.5 Å². The fraction of sp³-hybridized carbons (Fsp3) is 0.118. The Morgan fingerprint density at radius 1 is 1.10 bits per heavy atom. The molecule has 1 aliphatic carbocycles. The van der Waals surface area contributed by atoms with Crippen molar-refractivity contribution in [1.29, 1.82) is 0 Å². The Hall–Kier alpha value is -2.26. The van der Waals surface area contributed by atoms with E-state index in [4.69, 9.17) is 17.3 Å². The summed E-state index contributed by atoms with van der Waals surface area (Å²) in [4.78, 5) is 0. The number of rotatable bonds is 2. The molecule has 4 heteroatoms. The number of hydrogen-bond donors (Lipinski definition) is 2. The monoisotopic (exact) mass is 295 g/mol. The molecule has 0 spiro atoms. The van der Waals surface area contributed by atoms with Gasteiger partial charge in [-0.25, -0.2) is 0 Å². The molecule has 1 aliphatic rings. The van der Waals surface area contributed by atoms with E-state index in [1.807, 2.05) is 24.3 Å². The fourth-order valence-corrected chi connectivity index (χ4v) is 3.18. The van der Waals surface area contributed by atoms with Gasteiger partial charge in [0.05, 0.1) is 5.69 Å². The first-order valence-electron chi connectivity index (χ1n) is 6.91.